The summed E-state index contributed by atoms with van der Waals surface area (Å²) >= 11 is 0. The highest BCUT2D eigenvalue weighted by Gasteiger charge is 2.28. The van der Waals surface area contributed by atoms with Crippen LogP contribution >= 0.6 is 0 Å². The van der Waals surface area contributed by atoms with E-state index in [2.05, 4.69) is 22.3 Å². The second kappa shape index (κ2) is 9.20. The first kappa shape index (κ1) is 20.3. The molecule has 156 valence electrons. The summed E-state index contributed by atoms with van der Waals surface area (Å²) in [7, 11) is 0. The van der Waals surface area contributed by atoms with Gasteiger partial charge in [0.15, 0.2) is 11.6 Å². The van der Waals surface area contributed by atoms with Gasteiger partial charge in [-0.15, -0.1) is 0 Å². The fourth-order valence-corrected chi connectivity index (χ4v) is 4.19. The minimum absolute atomic E-state index is 0.0400. The fraction of sp³-hybridized carbons (Fsp3) is 0.417. The Bertz CT molecular complexity index is 1000. The van der Waals surface area contributed by atoms with E-state index >= 15 is 0 Å². The minimum atomic E-state index is -0.0598. The molecule has 1 N–H and O–H groups in total. The van der Waals surface area contributed by atoms with Crippen LogP contribution < -0.4 is 0 Å². The van der Waals surface area contributed by atoms with Gasteiger partial charge in [0.25, 0.3) is 0 Å². The number of ketones is 2. The van der Waals surface area contributed by atoms with E-state index in [4.69, 9.17) is 4.52 Å². The Morgan fingerprint density at radius 1 is 1.00 bits per heavy atom. The molecule has 0 saturated heterocycles. The normalized spacial score (nSPS) is 19.8. The number of benzene rings is 1. The van der Waals surface area contributed by atoms with Crippen LogP contribution in [0.2, 0.25) is 0 Å². The second-order valence-corrected chi connectivity index (χ2v) is 7.87. The SMILES string of the molecule is O=C1CCCC(=NCCc2ccccc2)/C1=C(/O)CCc1noc2c1C(=O)CCC2. The van der Waals surface area contributed by atoms with Gasteiger partial charge in [0.2, 0.25) is 0 Å². The lowest BCUT2D eigenvalue weighted by molar-refractivity contribution is -0.115. The minimum Gasteiger partial charge on any atom is -0.511 e. The number of hydrogen-bond acceptors (Lipinski definition) is 6. The molecule has 1 aromatic heterocycles. The van der Waals surface area contributed by atoms with Crippen LogP contribution in [0.25, 0.3) is 0 Å². The second-order valence-electron chi connectivity index (χ2n) is 7.87. The van der Waals surface area contributed by atoms with Gasteiger partial charge in [0, 0.05) is 44.4 Å². The summed E-state index contributed by atoms with van der Waals surface area (Å²) in [6.07, 6.45) is 5.28. The first-order chi connectivity index (χ1) is 14.6. The van der Waals surface area contributed by atoms with Gasteiger partial charge in [0.1, 0.15) is 11.5 Å². The third-order valence-corrected chi connectivity index (χ3v) is 5.74. The molecule has 6 heteroatoms. The number of allylic oxidation sites excluding steroid dienone is 2. The highest BCUT2D eigenvalue weighted by molar-refractivity contribution is 6.24. The van der Waals surface area contributed by atoms with Crippen molar-refractivity contribution < 1.29 is 19.2 Å². The van der Waals surface area contributed by atoms with E-state index in [1.165, 1.54) is 5.56 Å². The third-order valence-electron chi connectivity index (χ3n) is 5.74. The fourth-order valence-electron chi connectivity index (χ4n) is 4.19. The average Bonchev–Trinajstić information content (AvgIpc) is 3.17. The number of hydrogen-bond donors (Lipinski definition) is 1. The summed E-state index contributed by atoms with van der Waals surface area (Å²) in [5, 5.41) is 14.8. The van der Waals surface area contributed by atoms with Crippen molar-refractivity contribution in [1.82, 2.24) is 5.16 Å². The molecule has 1 fully saturated rings. The standard InChI is InChI=1S/C24H26N2O4/c27-19-9-4-8-17(25-15-14-16-6-2-1-3-7-16)23(19)21(29)13-12-18-24-20(28)10-5-11-22(24)30-26-18/h1-3,6-7,29H,4-5,8-15H2/b23-21-,25-17?. The van der Waals surface area contributed by atoms with Gasteiger partial charge in [-0.3, -0.25) is 14.6 Å². The molecular formula is C24H26N2O4. The van der Waals surface area contributed by atoms with E-state index in [1.54, 1.807) is 0 Å². The zero-order valence-electron chi connectivity index (χ0n) is 17.0. The lowest BCUT2D eigenvalue weighted by Crippen LogP contribution is -2.22. The number of rotatable bonds is 6. The van der Waals surface area contributed by atoms with Crippen LogP contribution in [0.5, 0.6) is 0 Å². The lowest BCUT2D eigenvalue weighted by Gasteiger charge is -2.18. The van der Waals surface area contributed by atoms with Gasteiger partial charge in [0.05, 0.1) is 16.8 Å². The van der Waals surface area contributed by atoms with E-state index in [-0.39, 0.29) is 23.7 Å². The molecule has 0 amide bonds. The maximum atomic E-state index is 12.5. The van der Waals surface area contributed by atoms with Crippen molar-refractivity contribution in [3.8, 4) is 0 Å². The highest BCUT2D eigenvalue weighted by atomic mass is 16.5. The smallest absolute Gasteiger partial charge is 0.168 e. The summed E-state index contributed by atoms with van der Waals surface area (Å²) in [6.45, 7) is 0.578. The largest absolute Gasteiger partial charge is 0.511 e. The number of carbonyl (C=O) groups is 2. The van der Waals surface area contributed by atoms with Crippen LogP contribution in [-0.4, -0.2) is 34.1 Å². The van der Waals surface area contributed by atoms with E-state index in [0.29, 0.717) is 60.5 Å². The molecule has 4 rings (SSSR count). The average molecular weight is 406 g/mol. The van der Waals surface area contributed by atoms with Crippen molar-refractivity contribution >= 4 is 17.3 Å². The number of Topliss-reactive ketones (excluding diaryl/α,β-unsaturated/α-hetero) is 2. The highest BCUT2D eigenvalue weighted by Crippen LogP contribution is 2.27. The van der Waals surface area contributed by atoms with Crippen molar-refractivity contribution in [2.24, 2.45) is 4.99 Å². The molecule has 0 atom stereocenters. The number of carbonyl (C=O) groups excluding carboxylic acids is 2. The van der Waals surface area contributed by atoms with Gasteiger partial charge < -0.3 is 9.63 Å². The quantitative estimate of drug-likeness (QED) is 0.568. The number of aliphatic imine (C=N–C) groups is 1. The summed E-state index contributed by atoms with van der Waals surface area (Å²) in [6, 6.07) is 10.1. The van der Waals surface area contributed by atoms with Crippen molar-refractivity contribution in [2.45, 2.75) is 57.8 Å². The molecular weight excluding hydrogens is 380 g/mol. The molecule has 0 aliphatic heterocycles. The first-order valence-corrected chi connectivity index (χ1v) is 10.7. The monoisotopic (exact) mass is 406 g/mol. The molecule has 2 aliphatic carbocycles. The Hall–Kier alpha value is -3.02. The van der Waals surface area contributed by atoms with Gasteiger partial charge in [-0.25, -0.2) is 0 Å². The van der Waals surface area contributed by atoms with Crippen molar-refractivity contribution in [3.63, 3.8) is 0 Å². The molecule has 6 nitrogen and oxygen atoms in total. The molecule has 2 aromatic rings. The van der Waals surface area contributed by atoms with E-state index in [0.717, 1.165) is 25.7 Å². The summed E-state index contributed by atoms with van der Waals surface area (Å²) in [5.74, 6) is 0.676. The number of aliphatic hydroxyl groups is 1. The molecule has 0 spiro atoms. The molecule has 0 unspecified atom stereocenters. The predicted molar refractivity (Wildman–Crippen MR) is 113 cm³/mol. The maximum absolute atomic E-state index is 12.5. The number of aryl methyl sites for hydroxylation is 2. The zero-order chi connectivity index (χ0) is 20.9. The van der Waals surface area contributed by atoms with Crippen LogP contribution in [0.4, 0.5) is 0 Å². The van der Waals surface area contributed by atoms with Gasteiger partial charge in [-0.2, -0.15) is 0 Å². The molecule has 0 bridgehead atoms. The predicted octanol–water partition coefficient (Wildman–Crippen LogP) is 4.38. The maximum Gasteiger partial charge on any atom is 0.168 e. The van der Waals surface area contributed by atoms with Crippen LogP contribution in [-0.2, 0) is 24.1 Å². The van der Waals surface area contributed by atoms with Crippen LogP contribution in [0.3, 0.4) is 0 Å². The molecule has 1 heterocycles. The Balaban J connectivity index is 1.48. The molecule has 2 aliphatic rings. The Morgan fingerprint density at radius 3 is 2.60 bits per heavy atom. The van der Waals surface area contributed by atoms with Crippen LogP contribution in [0.1, 0.15) is 65.9 Å². The Labute approximate surface area is 175 Å². The number of aliphatic hydroxyl groups excluding tert-OH is 1. The molecule has 30 heavy (non-hydrogen) atoms. The van der Waals surface area contributed by atoms with Gasteiger partial charge in [-0.05, 0) is 31.2 Å². The van der Waals surface area contributed by atoms with Crippen LogP contribution in [0.15, 0.2) is 51.2 Å². The van der Waals surface area contributed by atoms with Crippen LogP contribution in [0, 0.1) is 0 Å². The molecule has 0 radical (unpaired) electrons. The van der Waals surface area contributed by atoms with E-state index in [9.17, 15) is 14.7 Å². The Morgan fingerprint density at radius 2 is 1.77 bits per heavy atom. The van der Waals surface area contributed by atoms with Crippen molar-refractivity contribution in [1.29, 1.82) is 0 Å². The van der Waals surface area contributed by atoms with Gasteiger partial charge >= 0.3 is 0 Å². The Kier molecular flexibility index (Phi) is 6.21. The van der Waals surface area contributed by atoms with E-state index < -0.39 is 0 Å². The third kappa shape index (κ3) is 4.42. The van der Waals surface area contributed by atoms with E-state index in [1.807, 2.05) is 18.2 Å². The summed E-state index contributed by atoms with van der Waals surface area (Å²) in [5.41, 5.74) is 3.40. The number of aromatic nitrogens is 1. The molecule has 1 aromatic carbocycles. The number of nitrogens with zero attached hydrogens (tertiary/aromatic N) is 2. The first-order valence-electron chi connectivity index (χ1n) is 10.7. The zero-order valence-corrected chi connectivity index (χ0v) is 17.0. The summed E-state index contributed by atoms with van der Waals surface area (Å²) < 4.78 is 5.31. The number of fused-ring (bicyclic) bond motifs is 1. The molecule has 1 saturated carbocycles. The van der Waals surface area contributed by atoms with Gasteiger partial charge in [-0.1, -0.05) is 35.5 Å². The summed E-state index contributed by atoms with van der Waals surface area (Å²) in [4.78, 5) is 29.4. The van der Waals surface area contributed by atoms with Crippen molar-refractivity contribution in [3.05, 3.63) is 64.2 Å². The van der Waals surface area contributed by atoms with Crippen molar-refractivity contribution in [2.75, 3.05) is 6.54 Å². The lowest BCUT2D eigenvalue weighted by atomic mass is 9.88. The topological polar surface area (TPSA) is 92.8 Å².